The molecule has 0 bridgehead atoms. The van der Waals surface area contributed by atoms with E-state index >= 15 is 0 Å². The van der Waals surface area contributed by atoms with Crippen molar-refractivity contribution in [2.24, 2.45) is 0 Å². The molecule has 2 fully saturated rings. The van der Waals surface area contributed by atoms with Gasteiger partial charge in [-0.25, -0.2) is 4.98 Å². The maximum Gasteiger partial charge on any atom is 0.185 e. The van der Waals surface area contributed by atoms with E-state index in [0.29, 0.717) is 6.10 Å². The predicted octanol–water partition coefficient (Wildman–Crippen LogP) is 1.83. The van der Waals surface area contributed by atoms with Crippen LogP contribution in [0.4, 0.5) is 5.13 Å². The number of thiazole rings is 1. The summed E-state index contributed by atoms with van der Waals surface area (Å²) < 4.78 is 5.81. The highest BCUT2D eigenvalue weighted by Crippen LogP contribution is 2.20. The average molecular weight is 267 g/mol. The van der Waals surface area contributed by atoms with Gasteiger partial charge in [-0.05, 0) is 19.3 Å². The first-order valence-electron chi connectivity index (χ1n) is 6.90. The highest BCUT2D eigenvalue weighted by molar-refractivity contribution is 7.13. The van der Waals surface area contributed by atoms with Gasteiger partial charge in [0.1, 0.15) is 0 Å². The minimum absolute atomic E-state index is 0.477. The Balaban J connectivity index is 1.45. The number of hydrogen-bond acceptors (Lipinski definition) is 5. The Hall–Kier alpha value is -0.650. The number of hydrogen-bond donors (Lipinski definition) is 0. The molecule has 2 aliphatic heterocycles. The Kier molecular flexibility index (Phi) is 4.13. The van der Waals surface area contributed by atoms with Crippen molar-refractivity contribution in [2.45, 2.75) is 25.4 Å². The molecule has 1 aromatic heterocycles. The second-order valence-corrected chi connectivity index (χ2v) is 5.96. The van der Waals surface area contributed by atoms with E-state index in [1.54, 1.807) is 11.3 Å². The number of piperazine rings is 1. The van der Waals surface area contributed by atoms with Gasteiger partial charge in [-0.3, -0.25) is 4.90 Å². The van der Waals surface area contributed by atoms with Crippen LogP contribution < -0.4 is 4.90 Å². The Morgan fingerprint density at radius 2 is 2.17 bits per heavy atom. The van der Waals surface area contributed by atoms with E-state index in [0.717, 1.165) is 39.3 Å². The molecule has 0 aliphatic carbocycles. The first kappa shape index (κ1) is 12.4. The summed E-state index contributed by atoms with van der Waals surface area (Å²) >= 11 is 1.74. The van der Waals surface area contributed by atoms with Gasteiger partial charge in [-0.1, -0.05) is 0 Å². The first-order valence-corrected chi connectivity index (χ1v) is 7.78. The Bertz CT molecular complexity index is 343. The zero-order chi connectivity index (χ0) is 12.2. The molecule has 0 spiro atoms. The molecule has 0 N–H and O–H groups in total. The van der Waals surface area contributed by atoms with Crippen molar-refractivity contribution in [1.29, 1.82) is 0 Å². The number of aromatic nitrogens is 1. The van der Waals surface area contributed by atoms with Gasteiger partial charge in [0.05, 0.1) is 6.10 Å². The summed E-state index contributed by atoms with van der Waals surface area (Å²) in [4.78, 5) is 9.32. The quantitative estimate of drug-likeness (QED) is 0.835. The lowest BCUT2D eigenvalue weighted by molar-refractivity contribution is -0.00645. The van der Waals surface area contributed by atoms with Gasteiger partial charge >= 0.3 is 0 Å². The maximum absolute atomic E-state index is 5.81. The van der Waals surface area contributed by atoms with Gasteiger partial charge in [-0.15, -0.1) is 11.3 Å². The normalized spacial score (nSPS) is 26.4. The highest BCUT2D eigenvalue weighted by atomic mass is 32.1. The summed E-state index contributed by atoms with van der Waals surface area (Å²) in [6.45, 7) is 6.55. The monoisotopic (exact) mass is 267 g/mol. The SMILES string of the molecule is c1csc(N2CCN(CC3CCCCO3)CC2)n1. The van der Waals surface area contributed by atoms with Crippen molar-refractivity contribution in [2.75, 3.05) is 44.2 Å². The molecule has 0 radical (unpaired) electrons. The molecule has 0 aromatic carbocycles. The average Bonchev–Trinajstić information content (AvgIpc) is 2.95. The third kappa shape index (κ3) is 3.02. The lowest BCUT2D eigenvalue weighted by Crippen LogP contribution is -2.49. The summed E-state index contributed by atoms with van der Waals surface area (Å²) in [6, 6.07) is 0. The van der Waals surface area contributed by atoms with Crippen molar-refractivity contribution in [3.8, 4) is 0 Å². The van der Waals surface area contributed by atoms with Crippen LogP contribution in [-0.4, -0.2) is 55.3 Å². The number of rotatable bonds is 3. The molecule has 3 rings (SSSR count). The van der Waals surface area contributed by atoms with Gasteiger partial charge in [0, 0.05) is 50.9 Å². The fraction of sp³-hybridized carbons (Fsp3) is 0.769. The number of nitrogens with zero attached hydrogens (tertiary/aromatic N) is 3. The van der Waals surface area contributed by atoms with Crippen LogP contribution in [0.1, 0.15) is 19.3 Å². The van der Waals surface area contributed by atoms with Crippen LogP contribution in [-0.2, 0) is 4.74 Å². The van der Waals surface area contributed by atoms with E-state index in [1.165, 1.54) is 24.4 Å². The summed E-state index contributed by atoms with van der Waals surface area (Å²) in [5.74, 6) is 0. The van der Waals surface area contributed by atoms with Gasteiger partial charge in [0.15, 0.2) is 5.13 Å². The Labute approximate surface area is 113 Å². The van der Waals surface area contributed by atoms with Gasteiger partial charge in [0.25, 0.3) is 0 Å². The standard InChI is InChI=1S/C13H21N3OS/c1-2-9-17-12(3-1)11-15-5-7-16(8-6-15)13-14-4-10-18-13/h4,10,12H,1-3,5-9,11H2. The minimum atomic E-state index is 0.477. The smallest absolute Gasteiger partial charge is 0.185 e. The molecule has 2 aliphatic rings. The third-order valence-corrected chi connectivity index (χ3v) is 4.63. The second-order valence-electron chi connectivity index (χ2n) is 5.09. The fourth-order valence-corrected chi connectivity index (χ4v) is 3.43. The number of ether oxygens (including phenoxy) is 1. The second kappa shape index (κ2) is 5.99. The molecule has 5 heteroatoms. The zero-order valence-electron chi connectivity index (χ0n) is 10.8. The van der Waals surface area contributed by atoms with E-state index in [2.05, 4.69) is 20.2 Å². The molecule has 0 saturated carbocycles. The predicted molar refractivity (Wildman–Crippen MR) is 74.4 cm³/mol. The van der Waals surface area contributed by atoms with Gasteiger partial charge in [-0.2, -0.15) is 0 Å². The molecular formula is C13H21N3OS. The molecule has 1 unspecified atom stereocenters. The van der Waals surface area contributed by atoms with Crippen LogP contribution in [0.25, 0.3) is 0 Å². The summed E-state index contributed by atoms with van der Waals surface area (Å²) in [7, 11) is 0. The summed E-state index contributed by atoms with van der Waals surface area (Å²) in [6.07, 6.45) is 6.19. The number of anilines is 1. The van der Waals surface area contributed by atoms with Crippen molar-refractivity contribution >= 4 is 16.5 Å². The molecular weight excluding hydrogens is 246 g/mol. The van der Waals surface area contributed by atoms with Crippen LogP contribution >= 0.6 is 11.3 Å². The van der Waals surface area contributed by atoms with Crippen LogP contribution in [0.5, 0.6) is 0 Å². The molecule has 3 heterocycles. The van der Waals surface area contributed by atoms with Crippen LogP contribution in [0.15, 0.2) is 11.6 Å². The molecule has 4 nitrogen and oxygen atoms in total. The van der Waals surface area contributed by atoms with Crippen molar-refractivity contribution in [3.05, 3.63) is 11.6 Å². The van der Waals surface area contributed by atoms with Crippen molar-refractivity contribution in [1.82, 2.24) is 9.88 Å². The Morgan fingerprint density at radius 1 is 1.28 bits per heavy atom. The molecule has 18 heavy (non-hydrogen) atoms. The maximum atomic E-state index is 5.81. The first-order chi connectivity index (χ1) is 8.92. The van der Waals surface area contributed by atoms with E-state index < -0.39 is 0 Å². The van der Waals surface area contributed by atoms with E-state index in [4.69, 9.17) is 4.74 Å². The van der Waals surface area contributed by atoms with Crippen LogP contribution in [0, 0.1) is 0 Å². The lowest BCUT2D eigenvalue weighted by Gasteiger charge is -2.37. The van der Waals surface area contributed by atoms with Crippen LogP contribution in [0.3, 0.4) is 0 Å². The van der Waals surface area contributed by atoms with E-state index in [9.17, 15) is 0 Å². The largest absolute Gasteiger partial charge is 0.377 e. The van der Waals surface area contributed by atoms with E-state index in [1.807, 2.05) is 6.20 Å². The molecule has 1 aromatic rings. The Morgan fingerprint density at radius 3 is 2.83 bits per heavy atom. The third-order valence-electron chi connectivity index (χ3n) is 3.80. The van der Waals surface area contributed by atoms with Crippen LogP contribution in [0.2, 0.25) is 0 Å². The van der Waals surface area contributed by atoms with E-state index in [-0.39, 0.29) is 0 Å². The topological polar surface area (TPSA) is 28.6 Å². The molecule has 1 atom stereocenters. The van der Waals surface area contributed by atoms with Crippen molar-refractivity contribution in [3.63, 3.8) is 0 Å². The summed E-state index contributed by atoms with van der Waals surface area (Å²) in [5, 5.41) is 3.22. The highest BCUT2D eigenvalue weighted by Gasteiger charge is 2.22. The molecule has 0 amide bonds. The minimum Gasteiger partial charge on any atom is -0.377 e. The lowest BCUT2D eigenvalue weighted by atomic mass is 10.1. The van der Waals surface area contributed by atoms with Gasteiger partial charge < -0.3 is 9.64 Å². The zero-order valence-corrected chi connectivity index (χ0v) is 11.6. The van der Waals surface area contributed by atoms with Crippen molar-refractivity contribution < 1.29 is 4.74 Å². The fourth-order valence-electron chi connectivity index (χ4n) is 2.73. The summed E-state index contributed by atoms with van der Waals surface area (Å²) in [5.41, 5.74) is 0. The van der Waals surface area contributed by atoms with Gasteiger partial charge in [0.2, 0.25) is 0 Å². The molecule has 2 saturated heterocycles. The molecule has 100 valence electrons.